The first-order valence-corrected chi connectivity index (χ1v) is 9.63. The van der Waals surface area contributed by atoms with E-state index in [2.05, 4.69) is 18.8 Å². The highest BCUT2D eigenvalue weighted by Gasteiger charge is 2.20. The quantitative estimate of drug-likeness (QED) is 0.491. The van der Waals surface area contributed by atoms with E-state index in [1.54, 1.807) is 0 Å². The smallest absolute Gasteiger partial charge is 0.216 e. The van der Waals surface area contributed by atoms with Crippen molar-refractivity contribution in [2.45, 2.75) is 64.8 Å². The molecule has 2 unspecified atom stereocenters. The van der Waals surface area contributed by atoms with Gasteiger partial charge in [0.1, 0.15) is 12.6 Å². The number of unbranched alkanes of at least 4 members (excludes halogenated alkanes) is 4. The SMILES string of the molecule is CCCCCCCC(C)CCOCC1COC(c2ccccc2)=N1. The van der Waals surface area contributed by atoms with Gasteiger partial charge in [-0.1, -0.05) is 70.6 Å². The first kappa shape index (κ1) is 19.0. The molecule has 24 heavy (non-hydrogen) atoms. The van der Waals surface area contributed by atoms with Crippen LogP contribution in [-0.4, -0.2) is 31.8 Å². The summed E-state index contributed by atoms with van der Waals surface area (Å²) in [5.74, 6) is 1.51. The lowest BCUT2D eigenvalue weighted by atomic mass is 9.99. The van der Waals surface area contributed by atoms with E-state index in [-0.39, 0.29) is 6.04 Å². The fourth-order valence-corrected chi connectivity index (χ4v) is 2.98. The monoisotopic (exact) mass is 331 g/mol. The lowest BCUT2D eigenvalue weighted by Gasteiger charge is -2.12. The van der Waals surface area contributed by atoms with Crippen LogP contribution in [0.1, 0.15) is 64.4 Å². The molecule has 0 amide bonds. The molecule has 0 radical (unpaired) electrons. The van der Waals surface area contributed by atoms with Crippen LogP contribution in [0.5, 0.6) is 0 Å². The normalized spacial score (nSPS) is 18.2. The van der Waals surface area contributed by atoms with Gasteiger partial charge in [0.05, 0.1) is 6.61 Å². The largest absolute Gasteiger partial charge is 0.475 e. The van der Waals surface area contributed by atoms with E-state index in [0.717, 1.165) is 30.4 Å². The minimum absolute atomic E-state index is 0.143. The molecule has 1 aliphatic rings. The maximum Gasteiger partial charge on any atom is 0.216 e. The zero-order valence-electron chi connectivity index (χ0n) is 15.4. The summed E-state index contributed by atoms with van der Waals surface area (Å²) >= 11 is 0. The molecular formula is C21H33NO2. The first-order valence-electron chi connectivity index (χ1n) is 9.63. The molecule has 2 atom stereocenters. The number of ether oxygens (including phenoxy) is 2. The molecule has 0 spiro atoms. The third-order valence-corrected chi connectivity index (χ3v) is 4.60. The van der Waals surface area contributed by atoms with Crippen LogP contribution in [0.3, 0.4) is 0 Å². The summed E-state index contributed by atoms with van der Waals surface area (Å²) in [4.78, 5) is 4.62. The Labute approximate surface area is 147 Å². The van der Waals surface area contributed by atoms with Gasteiger partial charge < -0.3 is 9.47 Å². The average molecular weight is 331 g/mol. The Hall–Kier alpha value is -1.35. The highest BCUT2D eigenvalue weighted by atomic mass is 16.5. The van der Waals surface area contributed by atoms with Crippen LogP contribution in [0.4, 0.5) is 0 Å². The number of aliphatic imine (C=N–C) groups is 1. The van der Waals surface area contributed by atoms with Crippen LogP contribution in [0.15, 0.2) is 35.3 Å². The maximum absolute atomic E-state index is 5.83. The molecule has 3 heteroatoms. The fourth-order valence-electron chi connectivity index (χ4n) is 2.98. The van der Waals surface area contributed by atoms with Gasteiger partial charge in [-0.3, -0.25) is 0 Å². The number of rotatable bonds is 12. The van der Waals surface area contributed by atoms with Gasteiger partial charge >= 0.3 is 0 Å². The van der Waals surface area contributed by atoms with Gasteiger partial charge in [0, 0.05) is 12.2 Å². The van der Waals surface area contributed by atoms with Crippen LogP contribution in [0.2, 0.25) is 0 Å². The van der Waals surface area contributed by atoms with Crippen molar-refractivity contribution < 1.29 is 9.47 Å². The Bertz CT molecular complexity index is 472. The van der Waals surface area contributed by atoms with Gasteiger partial charge in [0.25, 0.3) is 0 Å². The fraction of sp³-hybridized carbons (Fsp3) is 0.667. The molecule has 3 nitrogen and oxygen atoms in total. The van der Waals surface area contributed by atoms with Crippen LogP contribution in [0, 0.1) is 5.92 Å². The second kappa shape index (κ2) is 11.2. The topological polar surface area (TPSA) is 30.8 Å². The highest BCUT2D eigenvalue weighted by Crippen LogP contribution is 2.15. The van der Waals surface area contributed by atoms with E-state index in [9.17, 15) is 0 Å². The molecule has 1 aromatic carbocycles. The Morgan fingerprint density at radius 1 is 1.12 bits per heavy atom. The lowest BCUT2D eigenvalue weighted by molar-refractivity contribution is 0.101. The van der Waals surface area contributed by atoms with Gasteiger partial charge in [-0.05, 0) is 24.5 Å². The molecule has 0 aliphatic carbocycles. The summed E-state index contributed by atoms with van der Waals surface area (Å²) in [5, 5.41) is 0. The van der Waals surface area contributed by atoms with Crippen LogP contribution in [-0.2, 0) is 9.47 Å². The molecule has 134 valence electrons. The molecule has 0 aromatic heterocycles. The summed E-state index contributed by atoms with van der Waals surface area (Å²) in [7, 11) is 0. The minimum Gasteiger partial charge on any atom is -0.475 e. The van der Waals surface area contributed by atoms with E-state index in [1.165, 1.54) is 38.5 Å². The highest BCUT2D eigenvalue weighted by molar-refractivity contribution is 5.95. The molecule has 0 bridgehead atoms. The zero-order chi connectivity index (χ0) is 17.0. The van der Waals surface area contributed by atoms with E-state index in [1.807, 2.05) is 30.3 Å². The summed E-state index contributed by atoms with van der Waals surface area (Å²) < 4.78 is 11.5. The molecular weight excluding hydrogens is 298 g/mol. The van der Waals surface area contributed by atoms with Crippen molar-refractivity contribution in [3.63, 3.8) is 0 Å². The van der Waals surface area contributed by atoms with Gasteiger partial charge in [-0.25, -0.2) is 4.99 Å². The van der Waals surface area contributed by atoms with Gasteiger partial charge in [0.2, 0.25) is 5.90 Å². The van der Waals surface area contributed by atoms with Crippen molar-refractivity contribution in [3.8, 4) is 0 Å². The van der Waals surface area contributed by atoms with Gasteiger partial charge in [-0.2, -0.15) is 0 Å². The predicted molar refractivity (Wildman–Crippen MR) is 101 cm³/mol. The Morgan fingerprint density at radius 3 is 2.71 bits per heavy atom. The molecule has 0 fully saturated rings. The van der Waals surface area contributed by atoms with Crippen LogP contribution in [0.25, 0.3) is 0 Å². The summed E-state index contributed by atoms with van der Waals surface area (Å²) in [5.41, 5.74) is 1.05. The van der Waals surface area contributed by atoms with E-state index in [0.29, 0.717) is 13.2 Å². The van der Waals surface area contributed by atoms with Crippen LogP contribution < -0.4 is 0 Å². The van der Waals surface area contributed by atoms with Crippen molar-refractivity contribution >= 4 is 5.90 Å². The third-order valence-electron chi connectivity index (χ3n) is 4.60. The van der Waals surface area contributed by atoms with E-state index >= 15 is 0 Å². The second-order valence-electron chi connectivity index (χ2n) is 6.94. The van der Waals surface area contributed by atoms with Gasteiger partial charge in [0.15, 0.2) is 0 Å². The predicted octanol–water partition coefficient (Wildman–Crippen LogP) is 5.24. The average Bonchev–Trinajstić information content (AvgIpc) is 3.08. The first-order chi connectivity index (χ1) is 11.8. The summed E-state index contributed by atoms with van der Waals surface area (Å²) in [6.45, 7) is 6.75. The zero-order valence-corrected chi connectivity index (χ0v) is 15.4. The van der Waals surface area contributed by atoms with Crippen molar-refractivity contribution in [2.75, 3.05) is 19.8 Å². The van der Waals surface area contributed by atoms with Crippen molar-refractivity contribution in [1.82, 2.24) is 0 Å². The Balaban J connectivity index is 1.54. The van der Waals surface area contributed by atoms with E-state index in [4.69, 9.17) is 9.47 Å². The minimum atomic E-state index is 0.143. The van der Waals surface area contributed by atoms with Crippen LogP contribution >= 0.6 is 0 Å². The van der Waals surface area contributed by atoms with Gasteiger partial charge in [-0.15, -0.1) is 0 Å². The second-order valence-corrected chi connectivity index (χ2v) is 6.94. The lowest BCUT2D eigenvalue weighted by Crippen LogP contribution is -2.16. The molecule has 2 rings (SSSR count). The number of hydrogen-bond donors (Lipinski definition) is 0. The number of benzene rings is 1. The molecule has 0 N–H and O–H groups in total. The molecule has 0 saturated heterocycles. The van der Waals surface area contributed by atoms with Crippen molar-refractivity contribution in [1.29, 1.82) is 0 Å². The summed E-state index contributed by atoms with van der Waals surface area (Å²) in [6.07, 6.45) is 9.32. The molecule has 1 heterocycles. The Morgan fingerprint density at radius 2 is 1.92 bits per heavy atom. The standard InChI is InChI=1S/C21H33NO2/c1-3-4-5-6-8-11-18(2)14-15-23-16-20-17-24-21(22-20)19-12-9-7-10-13-19/h7,9-10,12-13,18,20H,3-6,8,11,14-17H2,1-2H3. The van der Waals surface area contributed by atoms with Crippen molar-refractivity contribution in [3.05, 3.63) is 35.9 Å². The Kier molecular flexibility index (Phi) is 8.90. The molecule has 1 aliphatic heterocycles. The molecule has 0 saturated carbocycles. The number of nitrogens with zero attached hydrogens (tertiary/aromatic N) is 1. The maximum atomic E-state index is 5.83. The molecule has 1 aromatic rings. The summed E-state index contributed by atoms with van der Waals surface area (Å²) in [6, 6.07) is 10.2. The van der Waals surface area contributed by atoms with Crippen molar-refractivity contribution in [2.24, 2.45) is 10.9 Å². The third kappa shape index (κ3) is 7.04. The number of hydrogen-bond acceptors (Lipinski definition) is 3. The van der Waals surface area contributed by atoms with E-state index < -0.39 is 0 Å².